The summed E-state index contributed by atoms with van der Waals surface area (Å²) < 4.78 is 1.59. The quantitative estimate of drug-likeness (QED) is 0.623. The number of fused-ring (bicyclic) bond motifs is 1. The maximum absolute atomic E-state index is 12.8. The Kier molecular flexibility index (Phi) is 3.80. The normalized spacial score (nSPS) is 12.2. The van der Waals surface area contributed by atoms with E-state index in [4.69, 9.17) is 0 Å². The maximum Gasteiger partial charge on any atom is 0.257 e. The van der Waals surface area contributed by atoms with Crippen LogP contribution in [0.5, 0.6) is 0 Å². The zero-order chi connectivity index (χ0) is 16.4. The van der Waals surface area contributed by atoms with Crippen LogP contribution >= 0.6 is 11.3 Å². The van der Waals surface area contributed by atoms with Crippen LogP contribution in [0.15, 0.2) is 72.5 Å². The molecule has 0 saturated carbocycles. The monoisotopic (exact) mass is 334 g/mol. The summed E-state index contributed by atoms with van der Waals surface area (Å²) in [6.07, 6.45) is 4.98. The highest BCUT2D eigenvalue weighted by molar-refractivity contribution is 7.10. The summed E-state index contributed by atoms with van der Waals surface area (Å²) >= 11 is 1.62. The average molecular weight is 334 g/mol. The lowest BCUT2D eigenvalue weighted by Crippen LogP contribution is -2.28. The van der Waals surface area contributed by atoms with E-state index < -0.39 is 0 Å². The van der Waals surface area contributed by atoms with Crippen molar-refractivity contribution >= 4 is 22.9 Å². The van der Waals surface area contributed by atoms with Crippen LogP contribution in [0, 0.1) is 0 Å². The van der Waals surface area contributed by atoms with Crippen LogP contribution in [0.3, 0.4) is 0 Å². The van der Waals surface area contributed by atoms with Gasteiger partial charge in [0.15, 0.2) is 5.65 Å². The van der Waals surface area contributed by atoms with Gasteiger partial charge in [0.1, 0.15) is 5.56 Å². The second-order valence-electron chi connectivity index (χ2n) is 5.28. The smallest absolute Gasteiger partial charge is 0.257 e. The molecule has 0 spiro atoms. The molecule has 0 aliphatic heterocycles. The number of carbonyl (C=O) groups is 1. The first-order valence-electron chi connectivity index (χ1n) is 7.50. The summed E-state index contributed by atoms with van der Waals surface area (Å²) in [6, 6.07) is 15.5. The predicted molar refractivity (Wildman–Crippen MR) is 93.1 cm³/mol. The van der Waals surface area contributed by atoms with Gasteiger partial charge >= 0.3 is 0 Å². The topological polar surface area (TPSA) is 59.3 Å². The highest BCUT2D eigenvalue weighted by Crippen LogP contribution is 2.26. The molecule has 5 nitrogen and oxygen atoms in total. The molecule has 0 unspecified atom stereocenters. The van der Waals surface area contributed by atoms with Gasteiger partial charge in [-0.15, -0.1) is 11.3 Å². The van der Waals surface area contributed by atoms with E-state index in [0.29, 0.717) is 11.2 Å². The molecule has 6 heteroatoms. The van der Waals surface area contributed by atoms with E-state index in [1.165, 1.54) is 0 Å². The molecular weight excluding hydrogens is 320 g/mol. The van der Waals surface area contributed by atoms with Gasteiger partial charge < -0.3 is 5.32 Å². The lowest BCUT2D eigenvalue weighted by molar-refractivity contribution is 0.0945. The van der Waals surface area contributed by atoms with Gasteiger partial charge in [-0.05, 0) is 23.1 Å². The molecule has 118 valence electrons. The molecule has 4 aromatic rings. The number of nitrogens with one attached hydrogen (secondary N) is 1. The van der Waals surface area contributed by atoms with Gasteiger partial charge in [0.2, 0.25) is 0 Å². The number of hydrogen-bond acceptors (Lipinski definition) is 4. The second-order valence-corrected chi connectivity index (χ2v) is 6.26. The fourth-order valence-corrected chi connectivity index (χ4v) is 3.42. The van der Waals surface area contributed by atoms with Crippen molar-refractivity contribution in [2.24, 2.45) is 0 Å². The minimum Gasteiger partial charge on any atom is -0.340 e. The number of rotatable bonds is 4. The SMILES string of the molecule is O=C(N[C@H](c1ccccc1)c1cccs1)c1cnn2cccnc12. The molecule has 1 atom stereocenters. The molecule has 0 fully saturated rings. The standard InChI is InChI=1S/C18H14N4OS/c23-18(14-12-20-22-10-5-9-19-17(14)22)21-16(15-8-4-11-24-15)13-6-2-1-3-7-13/h1-12,16H,(H,21,23)/t16-/m1/s1. The molecule has 3 heterocycles. The first-order valence-corrected chi connectivity index (χ1v) is 8.38. The van der Waals surface area contributed by atoms with Crippen LogP contribution in [0.4, 0.5) is 0 Å². The molecule has 4 rings (SSSR count). The van der Waals surface area contributed by atoms with Crippen LogP contribution in [0.1, 0.15) is 26.8 Å². The molecule has 0 aliphatic rings. The van der Waals surface area contributed by atoms with Gasteiger partial charge in [-0.25, -0.2) is 9.50 Å². The number of carbonyl (C=O) groups excluding carboxylic acids is 1. The zero-order valence-corrected chi connectivity index (χ0v) is 13.5. The fourth-order valence-electron chi connectivity index (χ4n) is 2.62. The van der Waals surface area contributed by atoms with E-state index in [2.05, 4.69) is 15.4 Å². The minimum absolute atomic E-state index is 0.189. The van der Waals surface area contributed by atoms with Crippen molar-refractivity contribution in [3.05, 3.63) is 88.5 Å². The minimum atomic E-state index is -0.197. The number of amides is 1. The van der Waals surface area contributed by atoms with Crippen LogP contribution in [0.2, 0.25) is 0 Å². The Morgan fingerprint density at radius 1 is 1.12 bits per heavy atom. The van der Waals surface area contributed by atoms with Crippen LogP contribution < -0.4 is 5.32 Å². The first-order chi connectivity index (χ1) is 11.8. The molecule has 0 radical (unpaired) electrons. The molecule has 3 aromatic heterocycles. The Labute approximate surface area is 142 Å². The Bertz CT molecular complexity index is 963. The number of thiophene rings is 1. The Morgan fingerprint density at radius 2 is 2.00 bits per heavy atom. The lowest BCUT2D eigenvalue weighted by atomic mass is 10.1. The number of hydrogen-bond donors (Lipinski definition) is 1. The molecule has 0 saturated heterocycles. The van der Waals surface area contributed by atoms with Gasteiger partial charge in [0, 0.05) is 17.3 Å². The number of benzene rings is 1. The molecule has 1 N–H and O–H groups in total. The first kappa shape index (κ1) is 14.6. The summed E-state index contributed by atoms with van der Waals surface area (Å²) in [5.74, 6) is -0.189. The van der Waals surface area contributed by atoms with Gasteiger partial charge in [-0.1, -0.05) is 36.4 Å². The van der Waals surface area contributed by atoms with Gasteiger partial charge in [0.25, 0.3) is 5.91 Å². The van der Waals surface area contributed by atoms with E-state index in [1.54, 1.807) is 40.5 Å². The van der Waals surface area contributed by atoms with Crippen molar-refractivity contribution in [2.75, 3.05) is 0 Å². The molecule has 1 amide bonds. The van der Waals surface area contributed by atoms with Crippen molar-refractivity contribution in [1.29, 1.82) is 0 Å². The summed E-state index contributed by atoms with van der Waals surface area (Å²) in [4.78, 5) is 18.1. The maximum atomic E-state index is 12.8. The largest absolute Gasteiger partial charge is 0.340 e. The molecule has 0 aliphatic carbocycles. The van der Waals surface area contributed by atoms with Gasteiger partial charge in [0.05, 0.1) is 12.2 Å². The van der Waals surface area contributed by atoms with Crippen molar-refractivity contribution in [3.8, 4) is 0 Å². The summed E-state index contributed by atoms with van der Waals surface area (Å²) in [6.45, 7) is 0. The highest BCUT2D eigenvalue weighted by atomic mass is 32.1. The van der Waals surface area contributed by atoms with Crippen LogP contribution in [-0.4, -0.2) is 20.5 Å². The summed E-state index contributed by atoms with van der Waals surface area (Å²) in [5, 5.41) is 9.30. The summed E-state index contributed by atoms with van der Waals surface area (Å²) in [7, 11) is 0. The average Bonchev–Trinajstić information content (AvgIpc) is 3.30. The Hall–Kier alpha value is -2.99. The van der Waals surface area contributed by atoms with E-state index in [1.807, 2.05) is 47.8 Å². The molecule has 24 heavy (non-hydrogen) atoms. The van der Waals surface area contributed by atoms with Crippen molar-refractivity contribution in [3.63, 3.8) is 0 Å². The van der Waals surface area contributed by atoms with Crippen molar-refractivity contribution in [2.45, 2.75) is 6.04 Å². The van der Waals surface area contributed by atoms with Crippen LogP contribution in [-0.2, 0) is 0 Å². The van der Waals surface area contributed by atoms with Gasteiger partial charge in [-0.3, -0.25) is 4.79 Å². The van der Waals surface area contributed by atoms with E-state index in [-0.39, 0.29) is 11.9 Å². The van der Waals surface area contributed by atoms with E-state index in [0.717, 1.165) is 10.4 Å². The van der Waals surface area contributed by atoms with Crippen LogP contribution in [0.25, 0.3) is 5.65 Å². The third-order valence-electron chi connectivity index (χ3n) is 3.76. The third-order valence-corrected chi connectivity index (χ3v) is 4.70. The van der Waals surface area contributed by atoms with E-state index in [9.17, 15) is 4.79 Å². The molecular formula is C18H14N4OS. The predicted octanol–water partition coefficient (Wildman–Crippen LogP) is 3.31. The van der Waals surface area contributed by atoms with E-state index >= 15 is 0 Å². The fraction of sp³-hybridized carbons (Fsp3) is 0.0556. The zero-order valence-electron chi connectivity index (χ0n) is 12.7. The summed E-state index contributed by atoms with van der Waals surface area (Å²) in [5.41, 5.74) is 2.05. The second kappa shape index (κ2) is 6.25. The lowest BCUT2D eigenvalue weighted by Gasteiger charge is -2.17. The Balaban J connectivity index is 1.69. The third kappa shape index (κ3) is 2.68. The number of nitrogens with zero attached hydrogens (tertiary/aromatic N) is 3. The molecule has 0 bridgehead atoms. The van der Waals surface area contributed by atoms with Crippen molar-refractivity contribution < 1.29 is 4.79 Å². The Morgan fingerprint density at radius 3 is 2.79 bits per heavy atom. The van der Waals surface area contributed by atoms with Gasteiger partial charge in [-0.2, -0.15) is 5.10 Å². The number of aromatic nitrogens is 3. The highest BCUT2D eigenvalue weighted by Gasteiger charge is 2.21. The molecule has 1 aromatic carbocycles. The van der Waals surface area contributed by atoms with Crippen molar-refractivity contribution in [1.82, 2.24) is 19.9 Å².